The lowest BCUT2D eigenvalue weighted by Crippen LogP contribution is -2.56. The van der Waals surface area contributed by atoms with E-state index in [4.69, 9.17) is 9.26 Å². The van der Waals surface area contributed by atoms with Crippen molar-refractivity contribution in [2.24, 2.45) is 0 Å². The van der Waals surface area contributed by atoms with Gasteiger partial charge in [0.1, 0.15) is 35.8 Å². The van der Waals surface area contributed by atoms with Crippen LogP contribution in [0, 0.1) is 17.5 Å². The maximum atomic E-state index is 13.7. The Bertz CT molecular complexity index is 1180. The minimum Gasteiger partial charge on any atom is -0.394 e. The summed E-state index contributed by atoms with van der Waals surface area (Å²) in [5.74, 6) is -3.37. The van der Waals surface area contributed by atoms with Crippen LogP contribution in [-0.2, 0) is 11.2 Å². The Morgan fingerprint density at radius 3 is 2.42 bits per heavy atom. The first-order valence-corrected chi connectivity index (χ1v) is 11.7. The van der Waals surface area contributed by atoms with Gasteiger partial charge in [0.05, 0.1) is 24.6 Å². The molecule has 0 saturated carbocycles. The van der Waals surface area contributed by atoms with Crippen LogP contribution in [0.5, 0.6) is 0 Å². The number of aliphatic hydroxyl groups is 3. The molecule has 3 aromatic rings. The van der Waals surface area contributed by atoms with E-state index in [1.165, 1.54) is 6.20 Å². The number of hydrogen-bond donors (Lipinski definition) is 4. The van der Waals surface area contributed by atoms with Gasteiger partial charge >= 0.3 is 0 Å². The van der Waals surface area contributed by atoms with Crippen LogP contribution in [0.2, 0.25) is 0 Å². The molecule has 36 heavy (non-hydrogen) atoms. The monoisotopic (exact) mass is 509 g/mol. The summed E-state index contributed by atoms with van der Waals surface area (Å²) in [6.45, 7) is 1.25. The Balaban J connectivity index is 1.37. The van der Waals surface area contributed by atoms with Gasteiger partial charge < -0.3 is 29.9 Å². The molecule has 5 rings (SSSR count). The molecule has 2 saturated heterocycles. The van der Waals surface area contributed by atoms with E-state index in [0.29, 0.717) is 5.69 Å². The lowest BCUT2D eigenvalue weighted by atomic mass is 9.90. The average Bonchev–Trinajstić information content (AvgIpc) is 3.55. The third-order valence-corrected chi connectivity index (χ3v) is 6.82. The van der Waals surface area contributed by atoms with Gasteiger partial charge in [0.2, 0.25) is 0 Å². The highest BCUT2D eigenvalue weighted by Gasteiger charge is 2.46. The molecule has 2 aliphatic heterocycles. The Hall–Kier alpha value is -2.84. The zero-order valence-electron chi connectivity index (χ0n) is 19.1. The van der Waals surface area contributed by atoms with Crippen LogP contribution in [0.4, 0.5) is 13.2 Å². The molecule has 1 aromatic carbocycles. The second-order valence-electron chi connectivity index (χ2n) is 9.15. The van der Waals surface area contributed by atoms with E-state index in [1.54, 1.807) is 0 Å². The van der Waals surface area contributed by atoms with Crippen LogP contribution in [0.25, 0.3) is 11.3 Å². The molecule has 5 atom stereocenters. The van der Waals surface area contributed by atoms with Crippen LogP contribution in [0.1, 0.15) is 36.3 Å². The van der Waals surface area contributed by atoms with Gasteiger partial charge in [0, 0.05) is 24.0 Å². The Labute approximate surface area is 203 Å². The molecule has 0 aliphatic carbocycles. The van der Waals surface area contributed by atoms with E-state index in [9.17, 15) is 28.5 Å². The highest BCUT2D eigenvalue weighted by atomic mass is 19.2. The number of aromatic nitrogens is 4. The number of halogens is 3. The molecule has 10 nitrogen and oxygen atoms in total. The van der Waals surface area contributed by atoms with Gasteiger partial charge in [0.15, 0.2) is 17.5 Å². The van der Waals surface area contributed by atoms with Gasteiger partial charge in [-0.25, -0.2) is 17.9 Å². The molecule has 0 bridgehead atoms. The molecular formula is C23H26F3N5O5. The van der Waals surface area contributed by atoms with Crippen LogP contribution < -0.4 is 5.32 Å². The number of benzene rings is 1. The fourth-order valence-corrected chi connectivity index (χ4v) is 4.85. The lowest BCUT2D eigenvalue weighted by molar-refractivity contribution is -0.205. The minimum atomic E-state index is -1.61. The second-order valence-corrected chi connectivity index (χ2v) is 9.15. The summed E-state index contributed by atoms with van der Waals surface area (Å²) in [6, 6.07) is 2.26. The first-order chi connectivity index (χ1) is 17.4. The van der Waals surface area contributed by atoms with Crippen molar-refractivity contribution in [1.29, 1.82) is 0 Å². The number of rotatable bonds is 6. The predicted molar refractivity (Wildman–Crippen MR) is 117 cm³/mol. The van der Waals surface area contributed by atoms with Gasteiger partial charge in [-0.05, 0) is 38.1 Å². The fraction of sp³-hybridized carbons (Fsp3) is 0.522. The van der Waals surface area contributed by atoms with Gasteiger partial charge in [-0.3, -0.25) is 0 Å². The number of nitrogens with zero attached hydrogens (tertiary/aromatic N) is 4. The maximum absolute atomic E-state index is 13.7. The van der Waals surface area contributed by atoms with E-state index < -0.39 is 54.5 Å². The highest BCUT2D eigenvalue weighted by molar-refractivity contribution is 5.57. The lowest BCUT2D eigenvalue weighted by Gasteiger charge is -2.42. The first kappa shape index (κ1) is 24.8. The van der Waals surface area contributed by atoms with E-state index in [0.717, 1.165) is 48.5 Å². The summed E-state index contributed by atoms with van der Waals surface area (Å²) in [5, 5.41) is 46.8. The van der Waals surface area contributed by atoms with Gasteiger partial charge in [0.25, 0.3) is 0 Å². The van der Waals surface area contributed by atoms with Crippen molar-refractivity contribution < 1.29 is 37.8 Å². The predicted octanol–water partition coefficient (Wildman–Crippen LogP) is 1.08. The number of aliphatic hydroxyl groups excluding tert-OH is 3. The third kappa shape index (κ3) is 4.76. The molecule has 0 unspecified atom stereocenters. The SMILES string of the molecule is OC[C@H]1O[C@H](Cc2cc(C3CCNCC3)on2)[C@H](O)[C@@H](n2cc(-c3cc(F)c(F)c(F)c3)nn2)[C@H]1O. The number of ether oxygens (including phenoxy) is 1. The van der Waals surface area contributed by atoms with Gasteiger partial charge in [-0.1, -0.05) is 10.4 Å². The number of hydrogen-bond acceptors (Lipinski definition) is 9. The van der Waals surface area contributed by atoms with Crippen molar-refractivity contribution in [3.8, 4) is 11.3 Å². The summed E-state index contributed by atoms with van der Waals surface area (Å²) in [7, 11) is 0. The Morgan fingerprint density at radius 2 is 1.72 bits per heavy atom. The average molecular weight is 509 g/mol. The van der Waals surface area contributed by atoms with Crippen molar-refractivity contribution in [2.45, 2.75) is 55.6 Å². The molecule has 0 amide bonds. The minimum absolute atomic E-state index is 0.00101. The standard InChI is InChI=1S/C23H26F3N5O5/c24-14-5-12(6-15(25)20(14)26)16-9-31(30-28-16)21-22(33)18(35-19(10-32)23(21)34)8-13-7-17(36-29-13)11-1-3-27-4-2-11/h5-7,9,11,18-19,21-23,27,32-34H,1-4,8,10H2/t18-,19-,21-,22+,23+/m1/s1. The van der Waals surface area contributed by atoms with E-state index in [1.807, 2.05) is 6.07 Å². The van der Waals surface area contributed by atoms with Crippen LogP contribution in [0.3, 0.4) is 0 Å². The Morgan fingerprint density at radius 1 is 1.03 bits per heavy atom. The van der Waals surface area contributed by atoms with E-state index in [-0.39, 0.29) is 23.6 Å². The normalized spacial score (nSPS) is 27.4. The molecule has 0 radical (unpaired) electrons. The molecule has 4 N–H and O–H groups in total. The Kier molecular flexibility index (Phi) is 7.08. The van der Waals surface area contributed by atoms with Crippen LogP contribution in [-0.4, -0.2) is 79.6 Å². The smallest absolute Gasteiger partial charge is 0.194 e. The molecule has 0 spiro atoms. The fourth-order valence-electron chi connectivity index (χ4n) is 4.85. The first-order valence-electron chi connectivity index (χ1n) is 11.7. The molecular weight excluding hydrogens is 483 g/mol. The summed E-state index contributed by atoms with van der Waals surface area (Å²) in [6.07, 6.45) is -1.35. The molecule has 194 valence electrons. The van der Waals surface area contributed by atoms with Crippen molar-refractivity contribution >= 4 is 0 Å². The molecule has 2 aromatic heterocycles. The summed E-state index contributed by atoms with van der Waals surface area (Å²) < 4.78 is 53.1. The largest absolute Gasteiger partial charge is 0.394 e. The zero-order chi connectivity index (χ0) is 25.4. The zero-order valence-corrected chi connectivity index (χ0v) is 19.1. The van der Waals surface area contributed by atoms with Crippen molar-refractivity contribution in [1.82, 2.24) is 25.5 Å². The van der Waals surface area contributed by atoms with Crippen LogP contribution >= 0.6 is 0 Å². The summed E-state index contributed by atoms with van der Waals surface area (Å²) >= 11 is 0. The van der Waals surface area contributed by atoms with Crippen molar-refractivity contribution in [3.63, 3.8) is 0 Å². The van der Waals surface area contributed by atoms with Crippen molar-refractivity contribution in [3.05, 3.63) is 53.3 Å². The summed E-state index contributed by atoms with van der Waals surface area (Å²) in [4.78, 5) is 0. The van der Waals surface area contributed by atoms with E-state index >= 15 is 0 Å². The maximum Gasteiger partial charge on any atom is 0.194 e. The van der Waals surface area contributed by atoms with Gasteiger partial charge in [-0.15, -0.1) is 5.10 Å². The third-order valence-electron chi connectivity index (χ3n) is 6.82. The van der Waals surface area contributed by atoms with Crippen molar-refractivity contribution in [2.75, 3.05) is 19.7 Å². The molecule has 4 heterocycles. The van der Waals surface area contributed by atoms with E-state index in [2.05, 4.69) is 20.8 Å². The van der Waals surface area contributed by atoms with Crippen LogP contribution in [0.15, 0.2) is 28.9 Å². The topological polar surface area (TPSA) is 139 Å². The highest BCUT2D eigenvalue weighted by Crippen LogP contribution is 2.33. The molecule has 2 aliphatic rings. The molecule has 2 fully saturated rings. The summed E-state index contributed by atoms with van der Waals surface area (Å²) in [5.41, 5.74) is 0.479. The van der Waals surface area contributed by atoms with Gasteiger partial charge in [-0.2, -0.15) is 0 Å². The second kappa shape index (κ2) is 10.3. The number of piperidine rings is 1. The quantitative estimate of drug-likeness (QED) is 0.360. The number of nitrogens with one attached hydrogen (secondary N) is 1. The molecule has 13 heteroatoms.